The number of benzene rings is 2. The summed E-state index contributed by atoms with van der Waals surface area (Å²) < 4.78 is 5.66. The van der Waals surface area contributed by atoms with Gasteiger partial charge in [-0.15, -0.1) is 10.2 Å². The highest BCUT2D eigenvalue weighted by Crippen LogP contribution is 2.35. The molecule has 3 aromatic rings. The van der Waals surface area contributed by atoms with Crippen LogP contribution < -0.4 is 10.6 Å². The third-order valence-electron chi connectivity index (χ3n) is 3.45. The minimum Gasteiger partial charge on any atom is -0.411 e. The Bertz CT molecular complexity index is 884. The van der Waals surface area contributed by atoms with Crippen LogP contribution in [0.25, 0.3) is 11.5 Å². The average Bonchev–Trinajstić information content (AvgIpc) is 3.16. The van der Waals surface area contributed by atoms with E-state index in [-0.39, 0.29) is 5.22 Å². The standard InChI is InChI=1S/C18H16N4O3S/c1-19-17(24)20-15(23)14(12-8-4-2-5-9-12)26-18-22-21-16(25-18)13-10-6-3-7-11-13/h2-11,14H,1H3,(H2,19,20,23,24)/t14-/m1/s1. The molecule has 0 saturated carbocycles. The molecule has 1 aromatic heterocycles. The van der Waals surface area contributed by atoms with E-state index in [9.17, 15) is 9.59 Å². The SMILES string of the molecule is CNC(=O)NC(=O)[C@H](Sc1nnc(-c2ccccc2)o1)c1ccccc1. The quantitative estimate of drug-likeness (QED) is 0.672. The average molecular weight is 368 g/mol. The van der Waals surface area contributed by atoms with Gasteiger partial charge in [-0.3, -0.25) is 10.1 Å². The molecular weight excluding hydrogens is 352 g/mol. The Hall–Kier alpha value is -3.13. The molecule has 7 nitrogen and oxygen atoms in total. The van der Waals surface area contributed by atoms with Crippen molar-refractivity contribution in [1.29, 1.82) is 0 Å². The minimum absolute atomic E-state index is 0.241. The number of rotatable bonds is 5. The predicted octanol–water partition coefficient (Wildman–Crippen LogP) is 3.03. The maximum Gasteiger partial charge on any atom is 0.321 e. The van der Waals surface area contributed by atoms with Crippen molar-refractivity contribution >= 4 is 23.7 Å². The van der Waals surface area contributed by atoms with Gasteiger partial charge in [0.25, 0.3) is 5.22 Å². The third-order valence-corrected chi connectivity index (χ3v) is 4.54. The Morgan fingerprint density at radius 1 is 1.00 bits per heavy atom. The van der Waals surface area contributed by atoms with E-state index >= 15 is 0 Å². The van der Waals surface area contributed by atoms with E-state index in [0.29, 0.717) is 5.89 Å². The van der Waals surface area contributed by atoms with Crippen molar-refractivity contribution < 1.29 is 14.0 Å². The highest BCUT2D eigenvalue weighted by atomic mass is 32.2. The fourth-order valence-electron chi connectivity index (χ4n) is 2.20. The Morgan fingerprint density at radius 3 is 2.31 bits per heavy atom. The summed E-state index contributed by atoms with van der Waals surface area (Å²) in [5, 5.41) is 12.2. The number of carbonyl (C=O) groups is 2. The number of hydrogen-bond donors (Lipinski definition) is 2. The summed E-state index contributed by atoms with van der Waals surface area (Å²) >= 11 is 1.09. The molecule has 0 aliphatic heterocycles. The Kier molecular flexibility index (Phi) is 5.65. The van der Waals surface area contributed by atoms with Crippen LogP contribution in [0, 0.1) is 0 Å². The number of nitrogens with zero attached hydrogens (tertiary/aromatic N) is 2. The van der Waals surface area contributed by atoms with Crippen molar-refractivity contribution in [2.24, 2.45) is 0 Å². The van der Waals surface area contributed by atoms with Crippen LogP contribution in [0.1, 0.15) is 10.8 Å². The van der Waals surface area contributed by atoms with Gasteiger partial charge in [-0.2, -0.15) is 0 Å². The molecule has 2 N–H and O–H groups in total. The van der Waals surface area contributed by atoms with Crippen LogP contribution >= 0.6 is 11.8 Å². The van der Waals surface area contributed by atoms with Crippen molar-refractivity contribution in [3.05, 3.63) is 66.2 Å². The van der Waals surface area contributed by atoms with Gasteiger partial charge < -0.3 is 9.73 Å². The maximum atomic E-state index is 12.5. The van der Waals surface area contributed by atoms with Crippen LogP contribution in [0.3, 0.4) is 0 Å². The van der Waals surface area contributed by atoms with E-state index < -0.39 is 17.2 Å². The molecule has 0 unspecified atom stereocenters. The molecule has 0 aliphatic rings. The number of thioether (sulfide) groups is 1. The van der Waals surface area contributed by atoms with Gasteiger partial charge in [0, 0.05) is 12.6 Å². The molecular formula is C18H16N4O3S. The molecule has 132 valence electrons. The molecule has 0 spiro atoms. The van der Waals surface area contributed by atoms with Crippen LogP contribution in [0.4, 0.5) is 4.79 Å². The van der Waals surface area contributed by atoms with E-state index in [0.717, 1.165) is 22.9 Å². The molecule has 0 radical (unpaired) electrons. The summed E-state index contributed by atoms with van der Waals surface area (Å²) in [6.45, 7) is 0. The first kappa shape index (κ1) is 17.7. The molecule has 2 aromatic carbocycles. The van der Waals surface area contributed by atoms with Gasteiger partial charge in [-0.25, -0.2) is 4.79 Å². The lowest BCUT2D eigenvalue weighted by Crippen LogP contribution is -2.39. The predicted molar refractivity (Wildman–Crippen MR) is 97.4 cm³/mol. The minimum atomic E-state index is -0.711. The monoisotopic (exact) mass is 368 g/mol. The molecule has 8 heteroatoms. The number of imide groups is 1. The van der Waals surface area contributed by atoms with Crippen LogP contribution in [0.5, 0.6) is 0 Å². The van der Waals surface area contributed by atoms with Gasteiger partial charge >= 0.3 is 6.03 Å². The Balaban J connectivity index is 1.83. The van der Waals surface area contributed by atoms with Gasteiger partial charge in [0.1, 0.15) is 5.25 Å². The van der Waals surface area contributed by atoms with Crippen molar-refractivity contribution in [2.75, 3.05) is 7.05 Å². The topological polar surface area (TPSA) is 97.1 Å². The highest BCUT2D eigenvalue weighted by molar-refractivity contribution is 8.00. The smallest absolute Gasteiger partial charge is 0.321 e. The van der Waals surface area contributed by atoms with Gasteiger partial charge in [0.2, 0.25) is 11.8 Å². The van der Waals surface area contributed by atoms with Crippen molar-refractivity contribution in [3.8, 4) is 11.5 Å². The van der Waals surface area contributed by atoms with Gasteiger partial charge in [0.15, 0.2) is 0 Å². The molecule has 0 fully saturated rings. The first-order valence-electron chi connectivity index (χ1n) is 7.80. The van der Waals surface area contributed by atoms with E-state index in [1.54, 1.807) is 12.1 Å². The van der Waals surface area contributed by atoms with Crippen molar-refractivity contribution in [2.45, 2.75) is 10.5 Å². The van der Waals surface area contributed by atoms with Crippen LogP contribution in [0.15, 0.2) is 70.3 Å². The van der Waals surface area contributed by atoms with Gasteiger partial charge in [-0.05, 0) is 29.5 Å². The summed E-state index contributed by atoms with van der Waals surface area (Å²) in [6, 6.07) is 17.9. The second-order valence-electron chi connectivity index (χ2n) is 5.22. The summed E-state index contributed by atoms with van der Waals surface area (Å²) in [4.78, 5) is 24.0. The van der Waals surface area contributed by atoms with Gasteiger partial charge in [-0.1, -0.05) is 48.5 Å². The molecule has 3 rings (SSSR count). The Morgan fingerprint density at radius 2 is 1.65 bits per heavy atom. The van der Waals surface area contributed by atoms with E-state index in [1.807, 2.05) is 48.5 Å². The van der Waals surface area contributed by atoms with Crippen LogP contribution in [-0.2, 0) is 4.79 Å². The zero-order valence-corrected chi connectivity index (χ0v) is 14.7. The second-order valence-corrected chi connectivity index (χ2v) is 6.27. The molecule has 0 bridgehead atoms. The number of nitrogens with one attached hydrogen (secondary N) is 2. The molecule has 26 heavy (non-hydrogen) atoms. The van der Waals surface area contributed by atoms with Crippen molar-refractivity contribution in [1.82, 2.24) is 20.8 Å². The van der Waals surface area contributed by atoms with E-state index in [4.69, 9.17) is 4.42 Å². The molecule has 0 aliphatic carbocycles. The number of carbonyl (C=O) groups excluding carboxylic acids is 2. The normalized spacial score (nSPS) is 11.6. The Labute approximate surface area is 154 Å². The van der Waals surface area contributed by atoms with Crippen LogP contribution in [-0.4, -0.2) is 29.2 Å². The second kappa shape index (κ2) is 8.30. The lowest BCUT2D eigenvalue weighted by Gasteiger charge is -2.14. The number of hydrogen-bond acceptors (Lipinski definition) is 6. The molecule has 3 amide bonds. The zero-order chi connectivity index (χ0) is 18.4. The molecule has 0 saturated heterocycles. The van der Waals surface area contributed by atoms with E-state index in [2.05, 4.69) is 20.8 Å². The van der Waals surface area contributed by atoms with Crippen molar-refractivity contribution in [3.63, 3.8) is 0 Å². The summed E-state index contributed by atoms with van der Waals surface area (Å²) in [7, 11) is 1.44. The molecule has 1 heterocycles. The summed E-state index contributed by atoms with van der Waals surface area (Å²) in [5.41, 5.74) is 1.51. The zero-order valence-electron chi connectivity index (χ0n) is 13.9. The fourth-order valence-corrected chi connectivity index (χ4v) is 3.07. The first-order valence-corrected chi connectivity index (χ1v) is 8.68. The number of urea groups is 1. The third kappa shape index (κ3) is 4.28. The molecule has 1 atom stereocenters. The summed E-state index contributed by atoms with van der Waals surface area (Å²) in [5.74, 6) is -0.105. The fraction of sp³-hybridized carbons (Fsp3) is 0.111. The number of amides is 3. The lowest BCUT2D eigenvalue weighted by atomic mass is 10.1. The number of aromatic nitrogens is 2. The first-order chi connectivity index (χ1) is 12.7. The van der Waals surface area contributed by atoms with Crippen LogP contribution in [0.2, 0.25) is 0 Å². The largest absolute Gasteiger partial charge is 0.411 e. The summed E-state index contributed by atoms with van der Waals surface area (Å²) in [6.07, 6.45) is 0. The maximum absolute atomic E-state index is 12.5. The van der Waals surface area contributed by atoms with Gasteiger partial charge in [0.05, 0.1) is 0 Å². The lowest BCUT2D eigenvalue weighted by molar-refractivity contribution is -0.119. The highest BCUT2D eigenvalue weighted by Gasteiger charge is 2.26. The van der Waals surface area contributed by atoms with E-state index in [1.165, 1.54) is 7.05 Å².